The molecule has 3 fully saturated rings. The van der Waals surface area contributed by atoms with Gasteiger partial charge in [0, 0.05) is 16.6 Å². The Labute approximate surface area is 185 Å². The Morgan fingerprint density at radius 3 is 2.52 bits per heavy atom. The summed E-state index contributed by atoms with van der Waals surface area (Å²) in [7, 11) is 0. The molecule has 0 aromatic heterocycles. The van der Waals surface area contributed by atoms with E-state index in [2.05, 4.69) is 10.2 Å². The summed E-state index contributed by atoms with van der Waals surface area (Å²) in [5, 5.41) is 3.58. The van der Waals surface area contributed by atoms with E-state index in [0.717, 1.165) is 29.5 Å². The number of aryl methyl sites for hydroxylation is 1. The number of halogens is 1. The summed E-state index contributed by atoms with van der Waals surface area (Å²) >= 11 is 6.33. The highest BCUT2D eigenvalue weighted by molar-refractivity contribution is 6.32. The van der Waals surface area contributed by atoms with Gasteiger partial charge in [-0.05, 0) is 57.0 Å². The van der Waals surface area contributed by atoms with Crippen molar-refractivity contribution in [2.45, 2.75) is 38.3 Å². The molecule has 7 heteroatoms. The molecule has 0 bridgehead atoms. The van der Waals surface area contributed by atoms with E-state index in [-0.39, 0.29) is 23.8 Å². The molecule has 4 aliphatic rings. The molecule has 31 heavy (non-hydrogen) atoms. The summed E-state index contributed by atoms with van der Waals surface area (Å²) < 4.78 is 0. The van der Waals surface area contributed by atoms with Crippen molar-refractivity contribution >= 4 is 40.7 Å². The fourth-order valence-corrected chi connectivity index (χ4v) is 6.50. The fraction of sp³-hybridized carbons (Fsp3) is 0.375. The first kappa shape index (κ1) is 19.0. The third kappa shape index (κ3) is 2.14. The second-order valence-corrected chi connectivity index (χ2v) is 9.48. The molecule has 3 saturated heterocycles. The van der Waals surface area contributed by atoms with Gasteiger partial charge in [-0.3, -0.25) is 19.3 Å². The summed E-state index contributed by atoms with van der Waals surface area (Å²) in [5.41, 5.74) is 2.70. The third-order valence-electron chi connectivity index (χ3n) is 7.65. The number of rotatable bonds is 1. The SMILES string of the molecule is Cc1ccc(N2C(=O)[C@@H]3[C@@H]4CCCN4[C@@]4(C(=O)Nc5c4ccc(Cl)c5C)[C@H]3C2=O)cc1. The molecular weight excluding hydrogens is 414 g/mol. The molecule has 4 atom stereocenters. The van der Waals surface area contributed by atoms with Crippen molar-refractivity contribution in [2.24, 2.45) is 11.8 Å². The van der Waals surface area contributed by atoms with Crippen LogP contribution in [0.1, 0.15) is 29.5 Å². The standard InChI is InChI=1S/C24H22ClN3O3/c1-12-5-7-14(8-6-12)28-21(29)18-17-4-3-11-27(17)24(19(18)22(28)30)15-9-10-16(25)13(2)20(15)26-23(24)31/h5-10,17-19H,3-4,11H2,1-2H3,(H,26,31)/t17-,18+,19+,24+/m0/s1. The molecular formula is C24H22ClN3O3. The first-order valence-electron chi connectivity index (χ1n) is 10.7. The van der Waals surface area contributed by atoms with Crippen LogP contribution in [0.25, 0.3) is 0 Å². The number of imide groups is 1. The lowest BCUT2D eigenvalue weighted by atomic mass is 9.75. The average Bonchev–Trinajstić information content (AvgIpc) is 3.45. The van der Waals surface area contributed by atoms with Crippen molar-refractivity contribution < 1.29 is 14.4 Å². The van der Waals surface area contributed by atoms with Crippen LogP contribution in [-0.4, -0.2) is 35.2 Å². The van der Waals surface area contributed by atoms with E-state index < -0.39 is 17.4 Å². The summed E-state index contributed by atoms with van der Waals surface area (Å²) in [6.45, 7) is 4.52. The molecule has 0 aliphatic carbocycles. The first-order chi connectivity index (χ1) is 14.9. The van der Waals surface area contributed by atoms with Gasteiger partial charge in [-0.15, -0.1) is 0 Å². The molecule has 4 heterocycles. The minimum absolute atomic E-state index is 0.121. The van der Waals surface area contributed by atoms with Gasteiger partial charge >= 0.3 is 0 Å². The van der Waals surface area contributed by atoms with Crippen LogP contribution < -0.4 is 10.2 Å². The molecule has 0 unspecified atom stereocenters. The van der Waals surface area contributed by atoms with E-state index in [1.807, 2.05) is 32.0 Å². The highest BCUT2D eigenvalue weighted by Crippen LogP contribution is 2.61. The molecule has 6 rings (SSSR count). The van der Waals surface area contributed by atoms with Crippen LogP contribution in [0.5, 0.6) is 0 Å². The second-order valence-electron chi connectivity index (χ2n) is 9.07. The maximum absolute atomic E-state index is 13.9. The molecule has 1 spiro atoms. The van der Waals surface area contributed by atoms with Crippen molar-refractivity contribution in [3.63, 3.8) is 0 Å². The number of amides is 3. The van der Waals surface area contributed by atoms with Crippen LogP contribution >= 0.6 is 11.6 Å². The minimum Gasteiger partial charge on any atom is -0.324 e. The zero-order valence-electron chi connectivity index (χ0n) is 17.3. The topological polar surface area (TPSA) is 69.7 Å². The Bertz CT molecular complexity index is 1180. The van der Waals surface area contributed by atoms with Gasteiger partial charge in [-0.25, -0.2) is 4.90 Å². The van der Waals surface area contributed by atoms with Gasteiger partial charge in [0.25, 0.3) is 0 Å². The van der Waals surface area contributed by atoms with Gasteiger partial charge in [0.2, 0.25) is 17.7 Å². The van der Waals surface area contributed by atoms with E-state index in [0.29, 0.717) is 22.9 Å². The number of hydrogen-bond donors (Lipinski definition) is 1. The fourth-order valence-electron chi connectivity index (χ4n) is 6.34. The smallest absolute Gasteiger partial charge is 0.250 e. The van der Waals surface area contributed by atoms with Crippen LogP contribution in [0, 0.1) is 25.7 Å². The zero-order chi connectivity index (χ0) is 21.7. The quantitative estimate of drug-likeness (QED) is 0.697. The van der Waals surface area contributed by atoms with Crippen molar-refractivity contribution in [1.82, 2.24) is 4.90 Å². The number of benzene rings is 2. The van der Waals surface area contributed by atoms with E-state index >= 15 is 0 Å². The number of nitrogens with zero attached hydrogens (tertiary/aromatic N) is 2. The van der Waals surface area contributed by atoms with E-state index in [4.69, 9.17) is 11.6 Å². The summed E-state index contributed by atoms with van der Waals surface area (Å²) in [5.74, 6) is -1.97. The van der Waals surface area contributed by atoms with Crippen LogP contribution in [-0.2, 0) is 19.9 Å². The van der Waals surface area contributed by atoms with Gasteiger partial charge in [0.1, 0.15) is 5.54 Å². The number of fused-ring (bicyclic) bond motifs is 7. The summed E-state index contributed by atoms with van der Waals surface area (Å²) in [6.07, 6.45) is 1.70. The number of anilines is 2. The van der Waals surface area contributed by atoms with Crippen LogP contribution in [0.4, 0.5) is 11.4 Å². The molecule has 158 valence electrons. The largest absolute Gasteiger partial charge is 0.324 e. The monoisotopic (exact) mass is 435 g/mol. The van der Waals surface area contributed by atoms with Crippen molar-refractivity contribution in [2.75, 3.05) is 16.8 Å². The summed E-state index contributed by atoms with van der Waals surface area (Å²) in [4.78, 5) is 44.6. The molecule has 1 N–H and O–H groups in total. The molecule has 2 aromatic carbocycles. The highest BCUT2D eigenvalue weighted by atomic mass is 35.5. The average molecular weight is 436 g/mol. The lowest BCUT2D eigenvalue weighted by Crippen LogP contribution is -2.54. The molecule has 6 nitrogen and oxygen atoms in total. The maximum Gasteiger partial charge on any atom is 0.250 e. The Hall–Kier alpha value is -2.70. The molecule has 3 amide bonds. The lowest BCUT2D eigenvalue weighted by molar-refractivity contribution is -0.135. The van der Waals surface area contributed by atoms with Crippen LogP contribution in [0.3, 0.4) is 0 Å². The second kappa shape index (κ2) is 6.17. The van der Waals surface area contributed by atoms with Gasteiger partial charge in [-0.2, -0.15) is 0 Å². The molecule has 0 saturated carbocycles. The van der Waals surface area contributed by atoms with Crippen LogP contribution in [0.2, 0.25) is 5.02 Å². The predicted molar refractivity (Wildman–Crippen MR) is 117 cm³/mol. The lowest BCUT2D eigenvalue weighted by Gasteiger charge is -2.36. The van der Waals surface area contributed by atoms with Crippen molar-refractivity contribution in [3.8, 4) is 0 Å². The predicted octanol–water partition coefficient (Wildman–Crippen LogP) is 3.39. The Morgan fingerprint density at radius 2 is 1.77 bits per heavy atom. The van der Waals surface area contributed by atoms with E-state index in [1.54, 1.807) is 18.2 Å². The van der Waals surface area contributed by atoms with Gasteiger partial charge < -0.3 is 5.32 Å². The Balaban J connectivity index is 1.56. The maximum atomic E-state index is 13.9. The summed E-state index contributed by atoms with van der Waals surface area (Å²) in [6, 6.07) is 10.9. The number of hydrogen-bond acceptors (Lipinski definition) is 4. The molecule has 2 aromatic rings. The molecule has 0 radical (unpaired) electrons. The van der Waals surface area contributed by atoms with Crippen molar-refractivity contribution in [1.29, 1.82) is 0 Å². The van der Waals surface area contributed by atoms with E-state index in [9.17, 15) is 14.4 Å². The third-order valence-corrected chi connectivity index (χ3v) is 8.06. The minimum atomic E-state index is -1.16. The van der Waals surface area contributed by atoms with Gasteiger partial charge in [0.05, 0.1) is 23.2 Å². The first-order valence-corrected chi connectivity index (χ1v) is 11.1. The van der Waals surface area contributed by atoms with Gasteiger partial charge in [-0.1, -0.05) is 35.4 Å². The molecule has 4 aliphatic heterocycles. The zero-order valence-corrected chi connectivity index (χ0v) is 18.1. The van der Waals surface area contributed by atoms with Crippen molar-refractivity contribution in [3.05, 3.63) is 58.1 Å². The highest BCUT2D eigenvalue weighted by Gasteiger charge is 2.74. The van der Waals surface area contributed by atoms with Gasteiger partial charge in [0.15, 0.2) is 0 Å². The Morgan fingerprint density at radius 1 is 1.03 bits per heavy atom. The normalized spacial score (nSPS) is 31.4. The van der Waals surface area contributed by atoms with Crippen LogP contribution in [0.15, 0.2) is 36.4 Å². The number of carbonyl (C=O) groups is 3. The number of carbonyl (C=O) groups excluding carboxylic acids is 3. The van der Waals surface area contributed by atoms with E-state index in [1.165, 1.54) is 4.90 Å². The Kier molecular flexibility index (Phi) is 3.79. The number of nitrogens with one attached hydrogen (secondary N) is 1.